The van der Waals surface area contributed by atoms with Gasteiger partial charge >= 0.3 is 0 Å². The van der Waals surface area contributed by atoms with Gasteiger partial charge in [0.25, 0.3) is 12.3 Å². The molecule has 26 heavy (non-hydrogen) atoms. The summed E-state index contributed by atoms with van der Waals surface area (Å²) in [6.07, 6.45) is 0.504. The average Bonchev–Trinajstić information content (AvgIpc) is 3.17. The van der Waals surface area contributed by atoms with Gasteiger partial charge in [-0.05, 0) is 41.5 Å². The van der Waals surface area contributed by atoms with Gasteiger partial charge in [0, 0.05) is 12.4 Å². The van der Waals surface area contributed by atoms with E-state index in [0.29, 0.717) is 5.75 Å². The van der Waals surface area contributed by atoms with E-state index in [1.54, 1.807) is 43.8 Å². The molecule has 2 aromatic heterocycles. The topological polar surface area (TPSA) is 79.9 Å². The lowest BCUT2D eigenvalue weighted by atomic mass is 9.99. The molecule has 2 N–H and O–H groups in total. The molecule has 0 bridgehead atoms. The second kappa shape index (κ2) is 7.73. The maximum atomic E-state index is 12.7. The van der Waals surface area contributed by atoms with Crippen LogP contribution in [0.4, 0.5) is 8.78 Å². The van der Waals surface area contributed by atoms with Crippen molar-refractivity contribution in [2.24, 2.45) is 0 Å². The highest BCUT2D eigenvalue weighted by Gasteiger charge is 2.21. The Balaban J connectivity index is 1.88. The van der Waals surface area contributed by atoms with E-state index < -0.39 is 24.1 Å². The Kier molecular flexibility index (Phi) is 5.21. The Bertz CT molecular complexity index is 866. The van der Waals surface area contributed by atoms with E-state index in [1.807, 2.05) is 12.1 Å². The third-order valence-electron chi connectivity index (χ3n) is 3.83. The molecule has 3 rings (SSSR count). The number of rotatable bonds is 6. The Hall–Kier alpha value is -3.29. The minimum atomic E-state index is -2.72. The van der Waals surface area contributed by atoms with Gasteiger partial charge in [0.15, 0.2) is 0 Å². The molecule has 0 fully saturated rings. The number of hydrogen-bond acceptors (Lipinski definition) is 4. The van der Waals surface area contributed by atoms with Gasteiger partial charge in [-0.25, -0.2) is 8.78 Å². The first-order valence-corrected chi connectivity index (χ1v) is 7.76. The number of halogens is 2. The SMILES string of the molecule is COc1ccc(C(NC(=O)c2cc(C(F)F)[nH]n2)c2ccncc2)cc1. The second-order valence-electron chi connectivity index (χ2n) is 5.47. The molecule has 0 spiro atoms. The monoisotopic (exact) mass is 358 g/mol. The van der Waals surface area contributed by atoms with Gasteiger partial charge in [-0.3, -0.25) is 14.9 Å². The number of benzene rings is 1. The first kappa shape index (κ1) is 17.5. The molecule has 0 saturated heterocycles. The summed E-state index contributed by atoms with van der Waals surface area (Å²) in [5.74, 6) is 0.119. The number of pyridine rings is 1. The van der Waals surface area contributed by atoms with E-state index in [4.69, 9.17) is 4.74 Å². The van der Waals surface area contributed by atoms with Crippen molar-refractivity contribution in [3.63, 3.8) is 0 Å². The van der Waals surface area contributed by atoms with Crippen molar-refractivity contribution in [2.75, 3.05) is 7.11 Å². The summed E-state index contributed by atoms with van der Waals surface area (Å²) in [6.45, 7) is 0. The number of aromatic amines is 1. The standard InChI is InChI=1S/C18H16F2N4O2/c1-26-13-4-2-11(3-5-13)16(12-6-8-21-9-7-12)22-18(25)15-10-14(17(19)20)23-24-15/h2-10,16-17H,1H3,(H,22,25)(H,23,24). The van der Waals surface area contributed by atoms with Crippen molar-refractivity contribution in [1.29, 1.82) is 0 Å². The highest BCUT2D eigenvalue weighted by atomic mass is 19.3. The quantitative estimate of drug-likeness (QED) is 0.709. The van der Waals surface area contributed by atoms with Crippen LogP contribution in [0.5, 0.6) is 5.75 Å². The summed E-state index contributed by atoms with van der Waals surface area (Å²) in [5, 5.41) is 8.64. The van der Waals surface area contributed by atoms with Crippen molar-refractivity contribution in [3.05, 3.63) is 77.4 Å². The predicted octanol–water partition coefficient (Wildman–Crippen LogP) is 3.27. The molecule has 1 unspecified atom stereocenters. The molecular formula is C18H16F2N4O2. The lowest BCUT2D eigenvalue weighted by molar-refractivity contribution is 0.0938. The number of nitrogens with one attached hydrogen (secondary N) is 2. The summed E-state index contributed by atoms with van der Waals surface area (Å²) in [6, 6.07) is 11.3. The largest absolute Gasteiger partial charge is 0.497 e. The van der Waals surface area contributed by atoms with E-state index in [1.165, 1.54) is 0 Å². The highest BCUT2D eigenvalue weighted by molar-refractivity contribution is 5.92. The second-order valence-corrected chi connectivity index (χ2v) is 5.47. The fourth-order valence-corrected chi connectivity index (χ4v) is 2.48. The van der Waals surface area contributed by atoms with Crippen molar-refractivity contribution in [3.8, 4) is 5.75 Å². The molecule has 0 saturated carbocycles. The Morgan fingerprint density at radius 1 is 1.12 bits per heavy atom. The Morgan fingerprint density at radius 2 is 1.77 bits per heavy atom. The van der Waals surface area contributed by atoms with E-state index in [-0.39, 0.29) is 5.69 Å². The molecule has 3 aromatic rings. The van der Waals surface area contributed by atoms with Gasteiger partial charge in [-0.2, -0.15) is 5.10 Å². The van der Waals surface area contributed by atoms with Crippen LogP contribution in [0, 0.1) is 0 Å². The fourth-order valence-electron chi connectivity index (χ4n) is 2.48. The van der Waals surface area contributed by atoms with Crippen LogP contribution in [0.1, 0.15) is 39.8 Å². The van der Waals surface area contributed by atoms with Gasteiger partial charge in [0.05, 0.1) is 13.2 Å². The zero-order valence-electron chi connectivity index (χ0n) is 13.8. The van der Waals surface area contributed by atoms with Gasteiger partial charge in [-0.15, -0.1) is 0 Å². The number of carbonyl (C=O) groups is 1. The van der Waals surface area contributed by atoms with Crippen LogP contribution in [0.2, 0.25) is 0 Å². The number of ether oxygens (including phenoxy) is 1. The van der Waals surface area contributed by atoms with E-state index in [9.17, 15) is 13.6 Å². The van der Waals surface area contributed by atoms with Crippen LogP contribution in [0.3, 0.4) is 0 Å². The van der Waals surface area contributed by atoms with Crippen LogP contribution in [-0.2, 0) is 0 Å². The van der Waals surface area contributed by atoms with Crippen molar-refractivity contribution < 1.29 is 18.3 Å². The van der Waals surface area contributed by atoms with Gasteiger partial charge in [0.2, 0.25) is 0 Å². The van der Waals surface area contributed by atoms with Crippen LogP contribution in [0.25, 0.3) is 0 Å². The van der Waals surface area contributed by atoms with E-state index >= 15 is 0 Å². The summed E-state index contributed by atoms with van der Waals surface area (Å²) >= 11 is 0. The third-order valence-corrected chi connectivity index (χ3v) is 3.83. The Labute approximate surface area is 148 Å². The van der Waals surface area contributed by atoms with E-state index in [0.717, 1.165) is 17.2 Å². The first-order valence-electron chi connectivity index (χ1n) is 7.76. The number of carbonyl (C=O) groups excluding carboxylic acids is 1. The highest BCUT2D eigenvalue weighted by Crippen LogP contribution is 2.24. The zero-order valence-corrected chi connectivity index (χ0v) is 13.8. The predicted molar refractivity (Wildman–Crippen MR) is 90.1 cm³/mol. The molecule has 0 aliphatic heterocycles. The molecule has 134 valence electrons. The third kappa shape index (κ3) is 3.85. The number of methoxy groups -OCH3 is 1. The molecular weight excluding hydrogens is 342 g/mol. The van der Waals surface area contributed by atoms with Crippen LogP contribution >= 0.6 is 0 Å². The summed E-state index contributed by atoms with van der Waals surface area (Å²) in [4.78, 5) is 16.5. The summed E-state index contributed by atoms with van der Waals surface area (Å²) in [5.41, 5.74) is 1.09. The summed E-state index contributed by atoms with van der Waals surface area (Å²) in [7, 11) is 1.56. The van der Waals surface area contributed by atoms with Crippen LogP contribution in [-0.4, -0.2) is 28.2 Å². The molecule has 1 aromatic carbocycles. The lowest BCUT2D eigenvalue weighted by Gasteiger charge is -2.19. The molecule has 8 heteroatoms. The number of aromatic nitrogens is 3. The number of nitrogens with zero attached hydrogens (tertiary/aromatic N) is 2. The van der Waals surface area contributed by atoms with E-state index in [2.05, 4.69) is 20.5 Å². The number of H-pyrrole nitrogens is 1. The molecule has 0 aliphatic rings. The van der Waals surface area contributed by atoms with Crippen molar-refractivity contribution in [1.82, 2.24) is 20.5 Å². The molecule has 6 nitrogen and oxygen atoms in total. The fraction of sp³-hybridized carbons (Fsp3) is 0.167. The number of hydrogen-bond donors (Lipinski definition) is 2. The maximum Gasteiger partial charge on any atom is 0.279 e. The number of amides is 1. The minimum Gasteiger partial charge on any atom is -0.497 e. The molecule has 1 atom stereocenters. The molecule has 2 heterocycles. The Morgan fingerprint density at radius 3 is 2.35 bits per heavy atom. The van der Waals surface area contributed by atoms with Crippen molar-refractivity contribution >= 4 is 5.91 Å². The van der Waals surface area contributed by atoms with Gasteiger partial charge in [0.1, 0.15) is 17.1 Å². The van der Waals surface area contributed by atoms with Crippen LogP contribution < -0.4 is 10.1 Å². The van der Waals surface area contributed by atoms with Crippen LogP contribution in [0.15, 0.2) is 54.9 Å². The molecule has 0 aliphatic carbocycles. The number of alkyl halides is 2. The normalized spacial score (nSPS) is 12.0. The smallest absolute Gasteiger partial charge is 0.279 e. The van der Waals surface area contributed by atoms with Gasteiger partial charge in [-0.1, -0.05) is 12.1 Å². The molecule has 1 amide bonds. The zero-order chi connectivity index (χ0) is 18.5. The molecule has 0 radical (unpaired) electrons. The average molecular weight is 358 g/mol. The lowest BCUT2D eigenvalue weighted by Crippen LogP contribution is -2.29. The summed E-state index contributed by atoms with van der Waals surface area (Å²) < 4.78 is 30.5. The first-order chi connectivity index (χ1) is 12.6. The van der Waals surface area contributed by atoms with Gasteiger partial charge < -0.3 is 10.1 Å². The minimum absolute atomic E-state index is 0.104. The maximum absolute atomic E-state index is 12.7. The van der Waals surface area contributed by atoms with Crippen molar-refractivity contribution in [2.45, 2.75) is 12.5 Å².